The van der Waals surface area contributed by atoms with Crippen LogP contribution in [0, 0.1) is 13.8 Å². The molecule has 0 aliphatic rings. The van der Waals surface area contributed by atoms with Crippen molar-refractivity contribution in [3.05, 3.63) is 162 Å². The summed E-state index contributed by atoms with van der Waals surface area (Å²) in [6.45, 7) is 5.74. The smallest absolute Gasteiger partial charge is 0.294 e. The van der Waals surface area contributed by atoms with Gasteiger partial charge < -0.3 is 0 Å². The van der Waals surface area contributed by atoms with Crippen molar-refractivity contribution in [3.63, 3.8) is 0 Å². The lowest BCUT2D eigenvalue weighted by Crippen LogP contribution is -2.50. The summed E-state index contributed by atoms with van der Waals surface area (Å²) < 4.78 is 189. The van der Waals surface area contributed by atoms with Crippen molar-refractivity contribution in [1.29, 1.82) is 0 Å². The van der Waals surface area contributed by atoms with Crippen molar-refractivity contribution >= 4 is 76.3 Å². The van der Waals surface area contributed by atoms with Crippen LogP contribution in [0.4, 0.5) is 61.5 Å². The third-order valence-electron chi connectivity index (χ3n) is 11.2. The number of carbonyl (C=O) groups is 1. The van der Waals surface area contributed by atoms with Gasteiger partial charge in [0.25, 0.3) is 0 Å². The maximum absolute atomic E-state index is 14.6. The van der Waals surface area contributed by atoms with Crippen molar-refractivity contribution in [3.8, 4) is 0 Å². The number of halogens is 16. The van der Waals surface area contributed by atoms with Crippen LogP contribution in [0.3, 0.4) is 0 Å². The van der Waals surface area contributed by atoms with Gasteiger partial charge in [-0.2, -0.15) is 52.7 Å². The van der Waals surface area contributed by atoms with Crippen molar-refractivity contribution in [1.82, 2.24) is 0 Å². The van der Waals surface area contributed by atoms with Crippen LogP contribution in [0.1, 0.15) is 81.7 Å². The number of aryl methyl sites for hydroxylation is 4. The van der Waals surface area contributed by atoms with Crippen molar-refractivity contribution in [2.24, 2.45) is 0 Å². The van der Waals surface area contributed by atoms with E-state index in [9.17, 15) is 66.3 Å². The van der Waals surface area contributed by atoms with Crippen LogP contribution in [0.2, 0.25) is 0 Å². The summed E-state index contributed by atoms with van der Waals surface area (Å²) in [7, 11) is 0. The molecule has 0 N–H and O–H groups in total. The molecule has 0 amide bonds. The lowest BCUT2D eigenvalue weighted by atomic mass is 9.86. The number of fused-ring (bicyclic) bond motifs is 2. The number of ketones is 1. The highest BCUT2D eigenvalue weighted by atomic mass is 79.9. The summed E-state index contributed by atoms with van der Waals surface area (Å²) in [6, 6.07) is 24.1. The summed E-state index contributed by atoms with van der Waals surface area (Å²) in [5.74, 6) is -0.358. The molecule has 360 valence electrons. The van der Waals surface area contributed by atoms with Crippen molar-refractivity contribution in [2.75, 3.05) is 0 Å². The topological polar surface area (TPSA) is 17.1 Å². The van der Waals surface area contributed by atoms with Gasteiger partial charge in [0.2, 0.25) is 0 Å². The predicted molar refractivity (Wildman–Crippen MR) is 244 cm³/mol. The summed E-state index contributed by atoms with van der Waals surface area (Å²) >= 11 is 12.3. The van der Waals surface area contributed by atoms with Gasteiger partial charge in [-0.15, -0.1) is 0 Å². The summed E-state index contributed by atoms with van der Waals surface area (Å²) in [4.78, 5) is 13.4. The Kier molecular flexibility index (Phi) is 16.7. The molecule has 0 unspecified atom stereocenters. The molecule has 18 heteroatoms. The minimum Gasteiger partial charge on any atom is -0.294 e. The molecule has 0 fully saturated rings. The van der Waals surface area contributed by atoms with E-state index < -0.39 is 47.2 Å². The Balaban J connectivity index is 0.000000288. The van der Waals surface area contributed by atoms with E-state index in [4.69, 9.17) is 12.2 Å². The van der Waals surface area contributed by atoms with E-state index in [-0.39, 0.29) is 66.7 Å². The number of thiocarbonyl (C=S) groups is 1. The Morgan fingerprint density at radius 2 is 0.806 bits per heavy atom. The molecule has 0 bridgehead atoms. The number of benzene rings is 6. The molecule has 6 aromatic carbocycles. The van der Waals surface area contributed by atoms with Crippen LogP contribution >= 0.6 is 44.1 Å². The average Bonchev–Trinajstić information content (AvgIpc) is 3.22. The van der Waals surface area contributed by atoms with Gasteiger partial charge in [0.05, 0.1) is 0 Å². The van der Waals surface area contributed by atoms with Crippen LogP contribution in [0.25, 0.3) is 21.5 Å². The Morgan fingerprint density at radius 3 is 1.18 bits per heavy atom. The number of carbonyl (C=O) groups excluding carboxylic acids is 1. The molecule has 0 saturated carbocycles. The highest BCUT2D eigenvalue weighted by molar-refractivity contribution is 9.10. The van der Waals surface area contributed by atoms with Gasteiger partial charge in [-0.1, -0.05) is 126 Å². The zero-order valence-corrected chi connectivity index (χ0v) is 38.9. The number of Topliss-reactive ketones (excluding diaryl/α,β-unsaturated/α-hetero) is 1. The predicted octanol–water partition coefficient (Wildman–Crippen LogP) is 17.5. The molecule has 0 aliphatic heterocycles. The van der Waals surface area contributed by atoms with Crippen LogP contribution in [-0.2, 0) is 37.0 Å². The maximum Gasteiger partial charge on any atom is 0.435 e. The fraction of sp³-hybridized carbons (Fsp3) is 0.306. The van der Waals surface area contributed by atoms with E-state index in [2.05, 4.69) is 31.9 Å². The minimum absolute atomic E-state index is 0. The van der Waals surface area contributed by atoms with E-state index in [0.717, 1.165) is 36.1 Å². The number of hydrogen-bond acceptors (Lipinski definition) is 2. The molecule has 0 spiro atoms. The van der Waals surface area contributed by atoms with Crippen molar-refractivity contribution < 1.29 is 66.3 Å². The van der Waals surface area contributed by atoms with Gasteiger partial charge in [0, 0.05) is 43.3 Å². The van der Waals surface area contributed by atoms with Crippen molar-refractivity contribution in [2.45, 2.75) is 96.8 Å². The van der Waals surface area contributed by atoms with Crippen LogP contribution in [-0.4, -0.2) is 35.4 Å². The highest BCUT2D eigenvalue weighted by Gasteiger charge is 2.74. The first kappa shape index (κ1) is 55.2. The third kappa shape index (κ3) is 11.2. The Morgan fingerprint density at radius 1 is 0.478 bits per heavy atom. The number of hydrogen-bond donors (Lipinski definition) is 0. The zero-order chi connectivity index (χ0) is 49.5. The molecule has 0 radical (unpaired) electrons. The largest absolute Gasteiger partial charge is 0.435 e. The van der Waals surface area contributed by atoms with Gasteiger partial charge in [-0.05, 0) is 124 Å². The summed E-state index contributed by atoms with van der Waals surface area (Å²) in [6.07, 6.45) is -24.7. The SMILES string of the molecule is C.CCc1cc(C(F)(C(F)(F)F)C(F)(F)F)cc(C)c1CC(=O)c1ccc2cc(Br)ccc2c1.CCc1cc(C(F)(C(F)(F)F)C(F)(F)F)cc(C)c1CC(=S)c1ccc2cc(Br)ccc2c1. The Labute approximate surface area is 399 Å². The van der Waals surface area contributed by atoms with E-state index in [0.29, 0.717) is 40.3 Å². The zero-order valence-electron chi connectivity index (χ0n) is 34.9. The lowest BCUT2D eigenvalue weighted by molar-refractivity contribution is -0.349. The molecule has 0 heterocycles. The lowest BCUT2D eigenvalue weighted by Gasteiger charge is -2.31. The molecule has 0 saturated heterocycles. The standard InChI is InChI=1S/C24H18BrF7O.C24H18BrF7S.CH4/c2*1-3-14-10-18(22(26,23(27,28)29)24(30,31)32)8-13(2)20(14)12-21(33)17-5-4-16-11-19(25)7-6-15(16)9-17;/h2*4-11H,3,12H2,1-2H3;1H4. The highest BCUT2D eigenvalue weighted by Crippen LogP contribution is 2.55. The first-order chi connectivity index (χ1) is 30.4. The molecular weight excluding hydrogens is 1060 g/mol. The molecule has 6 rings (SSSR count). The van der Waals surface area contributed by atoms with Gasteiger partial charge in [0.15, 0.2) is 5.78 Å². The molecular formula is C49H40Br2F14OS. The first-order valence-electron chi connectivity index (χ1n) is 19.7. The molecule has 0 atom stereocenters. The van der Waals surface area contributed by atoms with E-state index >= 15 is 0 Å². The number of alkyl halides is 14. The fourth-order valence-corrected chi connectivity index (χ4v) is 8.63. The third-order valence-corrected chi connectivity index (χ3v) is 12.5. The molecule has 0 aromatic heterocycles. The minimum atomic E-state index is -6.19. The van der Waals surface area contributed by atoms with Gasteiger partial charge in [-0.25, -0.2) is 8.78 Å². The van der Waals surface area contributed by atoms with E-state index in [1.807, 2.05) is 48.5 Å². The second-order valence-corrected chi connectivity index (χ2v) is 17.8. The molecule has 0 aliphatic carbocycles. The van der Waals surface area contributed by atoms with Gasteiger partial charge in [0.1, 0.15) is 0 Å². The maximum atomic E-state index is 14.6. The van der Waals surface area contributed by atoms with Crippen LogP contribution in [0.5, 0.6) is 0 Å². The van der Waals surface area contributed by atoms with Gasteiger partial charge >= 0.3 is 36.0 Å². The van der Waals surface area contributed by atoms with Crippen LogP contribution in [0.15, 0.2) is 106 Å². The summed E-state index contributed by atoms with van der Waals surface area (Å²) in [5, 5.41) is 3.58. The fourth-order valence-electron chi connectivity index (χ4n) is 7.60. The first-order valence-corrected chi connectivity index (χ1v) is 21.7. The number of rotatable bonds is 10. The monoisotopic (exact) mass is 1100 g/mol. The molecule has 67 heavy (non-hydrogen) atoms. The molecule has 1 nitrogen and oxygen atoms in total. The Hall–Kier alpha value is -4.42. The quantitative estimate of drug-likeness (QED) is 0.0773. The average molecular weight is 1100 g/mol. The van der Waals surface area contributed by atoms with E-state index in [1.165, 1.54) is 20.8 Å². The Bertz CT molecular complexity index is 2590. The van der Waals surface area contributed by atoms with E-state index in [1.54, 1.807) is 31.2 Å². The van der Waals surface area contributed by atoms with Gasteiger partial charge in [-0.3, -0.25) is 4.79 Å². The summed E-state index contributed by atoms with van der Waals surface area (Å²) in [5.41, 5.74) is -11.8. The molecule has 6 aromatic rings. The second-order valence-electron chi connectivity index (χ2n) is 15.5. The van der Waals surface area contributed by atoms with Crippen LogP contribution < -0.4 is 0 Å². The normalized spacial score (nSPS) is 12.7. The second kappa shape index (κ2) is 20.3.